The second kappa shape index (κ2) is 10.7. The quantitative estimate of drug-likeness (QED) is 0.347. The predicted octanol–water partition coefficient (Wildman–Crippen LogP) is 4.74. The molecule has 0 saturated heterocycles. The number of hydrogen-bond donors (Lipinski definition) is 1. The first-order chi connectivity index (χ1) is 18.1. The van der Waals surface area contributed by atoms with Gasteiger partial charge >= 0.3 is 0 Å². The number of aryl methyl sites for hydroxylation is 1. The molecule has 38 heavy (non-hydrogen) atoms. The summed E-state index contributed by atoms with van der Waals surface area (Å²) in [7, 11) is 3.82. The first-order valence-electron chi connectivity index (χ1n) is 11.7. The smallest absolute Gasteiger partial charge is 0.256 e. The fraction of sp³-hybridized carbons (Fsp3) is 0.214. The van der Waals surface area contributed by atoms with E-state index < -0.39 is 15.9 Å². The number of carbonyl (C=O) groups is 1. The molecule has 1 N–H and O–H groups in total. The third kappa shape index (κ3) is 5.00. The molecule has 4 aromatic rings. The molecule has 1 aromatic heterocycles. The second-order valence-corrected chi connectivity index (χ2v) is 10.8. The third-order valence-corrected chi connectivity index (χ3v) is 8.08. The molecule has 0 fully saturated rings. The Morgan fingerprint density at radius 3 is 2.16 bits per heavy atom. The zero-order valence-electron chi connectivity index (χ0n) is 22.0. The number of aromatic nitrogens is 1. The molecule has 1 heterocycles. The highest BCUT2D eigenvalue weighted by Gasteiger charge is 2.22. The van der Waals surface area contributed by atoms with Crippen molar-refractivity contribution < 1.29 is 27.4 Å². The van der Waals surface area contributed by atoms with Gasteiger partial charge in [0.15, 0.2) is 11.5 Å². The van der Waals surface area contributed by atoms with Gasteiger partial charge in [0.1, 0.15) is 0 Å². The molecule has 9 nitrogen and oxygen atoms in total. The van der Waals surface area contributed by atoms with Crippen molar-refractivity contribution in [1.29, 1.82) is 0 Å². The van der Waals surface area contributed by atoms with Crippen LogP contribution in [0.1, 0.15) is 15.9 Å². The van der Waals surface area contributed by atoms with Gasteiger partial charge in [-0.25, -0.2) is 17.7 Å². The number of methoxy groups -OCH3 is 3. The average molecular weight is 536 g/mol. The summed E-state index contributed by atoms with van der Waals surface area (Å²) in [5.41, 5.74) is 3.11. The molecule has 0 unspecified atom stereocenters. The number of nitrogens with one attached hydrogen (secondary N) is 1. The van der Waals surface area contributed by atoms with E-state index in [2.05, 4.69) is 5.32 Å². The van der Waals surface area contributed by atoms with Gasteiger partial charge in [-0.2, -0.15) is 0 Å². The van der Waals surface area contributed by atoms with E-state index in [0.717, 1.165) is 4.31 Å². The Morgan fingerprint density at radius 1 is 0.895 bits per heavy atom. The number of anilines is 1. The van der Waals surface area contributed by atoms with Crippen molar-refractivity contribution >= 4 is 32.5 Å². The van der Waals surface area contributed by atoms with E-state index in [4.69, 9.17) is 19.2 Å². The number of ether oxygens (including phenoxy) is 3. The molecule has 0 bridgehead atoms. The van der Waals surface area contributed by atoms with Gasteiger partial charge in [0.2, 0.25) is 15.8 Å². The van der Waals surface area contributed by atoms with Gasteiger partial charge < -0.3 is 19.5 Å². The Hall–Kier alpha value is -4.15. The monoisotopic (exact) mass is 535 g/mol. The lowest BCUT2D eigenvalue weighted by atomic mass is 10.0. The number of pyridine rings is 1. The van der Waals surface area contributed by atoms with Crippen molar-refractivity contribution in [1.82, 2.24) is 9.29 Å². The lowest BCUT2D eigenvalue weighted by molar-refractivity contribution is 0.102. The van der Waals surface area contributed by atoms with Gasteiger partial charge in [-0.05, 0) is 48.9 Å². The molecule has 0 atom stereocenters. The molecular formula is C28H29N3O6S. The van der Waals surface area contributed by atoms with Crippen molar-refractivity contribution in [2.75, 3.05) is 40.7 Å². The van der Waals surface area contributed by atoms with Gasteiger partial charge in [0, 0.05) is 30.7 Å². The molecule has 0 saturated carbocycles. The maximum absolute atomic E-state index is 13.6. The average Bonchev–Trinajstić information content (AvgIpc) is 2.92. The Kier molecular flexibility index (Phi) is 7.56. The minimum absolute atomic E-state index is 0.123. The van der Waals surface area contributed by atoms with Crippen LogP contribution in [-0.4, -0.2) is 59.0 Å². The molecule has 198 valence electrons. The summed E-state index contributed by atoms with van der Waals surface area (Å²) >= 11 is 0. The zero-order valence-corrected chi connectivity index (χ0v) is 22.8. The van der Waals surface area contributed by atoms with Crippen LogP contribution in [0.4, 0.5) is 5.69 Å². The van der Waals surface area contributed by atoms with E-state index in [0.29, 0.717) is 56.2 Å². The second-order valence-electron chi connectivity index (χ2n) is 8.71. The van der Waals surface area contributed by atoms with Gasteiger partial charge in [-0.1, -0.05) is 24.3 Å². The van der Waals surface area contributed by atoms with Crippen molar-refractivity contribution in [3.05, 3.63) is 71.8 Å². The normalized spacial score (nSPS) is 11.4. The Balaban J connectivity index is 1.82. The molecule has 3 aromatic carbocycles. The van der Waals surface area contributed by atoms with Crippen LogP contribution in [0.25, 0.3) is 22.2 Å². The lowest BCUT2D eigenvalue weighted by Gasteiger charge is -2.16. The fourth-order valence-corrected chi connectivity index (χ4v) is 5.24. The molecule has 0 aliphatic carbocycles. The summed E-state index contributed by atoms with van der Waals surface area (Å²) in [6.45, 7) is 1.71. The predicted molar refractivity (Wildman–Crippen MR) is 147 cm³/mol. The number of rotatable bonds is 8. The minimum Gasteiger partial charge on any atom is -0.493 e. The topological polar surface area (TPSA) is 107 Å². The number of fused-ring (bicyclic) bond motifs is 1. The van der Waals surface area contributed by atoms with Crippen LogP contribution >= 0.6 is 0 Å². The Labute approximate surface area is 222 Å². The van der Waals surface area contributed by atoms with E-state index in [1.807, 2.05) is 24.3 Å². The number of para-hydroxylation sites is 1. The van der Waals surface area contributed by atoms with Crippen molar-refractivity contribution in [2.45, 2.75) is 11.8 Å². The highest BCUT2D eigenvalue weighted by atomic mass is 32.2. The van der Waals surface area contributed by atoms with Crippen LogP contribution in [0.3, 0.4) is 0 Å². The molecule has 0 radical (unpaired) electrons. The first-order valence-corrected chi connectivity index (χ1v) is 13.1. The first kappa shape index (κ1) is 26.9. The van der Waals surface area contributed by atoms with Gasteiger partial charge in [-0.3, -0.25) is 4.79 Å². The van der Waals surface area contributed by atoms with E-state index in [1.54, 1.807) is 37.3 Å². The van der Waals surface area contributed by atoms with Crippen molar-refractivity contribution in [2.24, 2.45) is 0 Å². The SMILES string of the molecule is COc1cc(-c2cc(C(=O)Nc3ccc(C)c(S(=O)(=O)N(C)C)c3)c3ccccc3n2)cc(OC)c1OC. The van der Waals surface area contributed by atoms with Crippen molar-refractivity contribution in [3.63, 3.8) is 0 Å². The van der Waals surface area contributed by atoms with E-state index in [-0.39, 0.29) is 4.90 Å². The molecule has 1 amide bonds. The molecule has 0 aliphatic heterocycles. The van der Waals surface area contributed by atoms with E-state index in [1.165, 1.54) is 41.5 Å². The molecule has 0 spiro atoms. The third-order valence-electron chi connectivity index (χ3n) is 6.13. The molecule has 10 heteroatoms. The van der Waals surface area contributed by atoms with Crippen LogP contribution in [0.5, 0.6) is 17.2 Å². The number of sulfonamides is 1. The standard InChI is InChI=1S/C28H29N3O6S/c1-17-11-12-19(15-26(17)38(33,34)31(2)3)29-28(32)21-16-23(30-22-10-8-7-9-20(21)22)18-13-24(35-4)27(37-6)25(14-18)36-5/h7-16H,1-6H3,(H,29,32). The largest absolute Gasteiger partial charge is 0.493 e. The molecule has 4 rings (SSSR count). The van der Waals surface area contributed by atoms with Gasteiger partial charge in [0.05, 0.1) is 43.0 Å². The van der Waals surface area contributed by atoms with Crippen LogP contribution in [-0.2, 0) is 10.0 Å². The number of hydrogen-bond acceptors (Lipinski definition) is 7. The summed E-state index contributed by atoms with van der Waals surface area (Å²) in [6, 6.07) is 17.3. The van der Waals surface area contributed by atoms with Crippen LogP contribution in [0.2, 0.25) is 0 Å². The van der Waals surface area contributed by atoms with Crippen LogP contribution < -0.4 is 19.5 Å². The molecule has 0 aliphatic rings. The minimum atomic E-state index is -3.69. The van der Waals surface area contributed by atoms with Crippen LogP contribution in [0, 0.1) is 6.92 Å². The number of nitrogens with zero attached hydrogens (tertiary/aromatic N) is 2. The summed E-state index contributed by atoms with van der Waals surface area (Å²) in [5.74, 6) is 0.948. The van der Waals surface area contributed by atoms with Crippen molar-refractivity contribution in [3.8, 4) is 28.5 Å². The zero-order chi connectivity index (χ0) is 27.6. The number of benzene rings is 3. The Morgan fingerprint density at radius 2 is 1.55 bits per heavy atom. The summed E-state index contributed by atoms with van der Waals surface area (Å²) in [4.78, 5) is 18.5. The Bertz CT molecular complexity index is 1610. The van der Waals surface area contributed by atoms with Crippen LogP contribution in [0.15, 0.2) is 65.6 Å². The summed E-state index contributed by atoms with van der Waals surface area (Å²) in [6.07, 6.45) is 0. The fourth-order valence-electron chi connectivity index (χ4n) is 4.09. The maximum Gasteiger partial charge on any atom is 0.256 e. The number of carbonyl (C=O) groups excluding carboxylic acids is 1. The lowest BCUT2D eigenvalue weighted by Crippen LogP contribution is -2.23. The van der Waals surface area contributed by atoms with Gasteiger partial charge in [-0.15, -0.1) is 0 Å². The number of amides is 1. The highest BCUT2D eigenvalue weighted by molar-refractivity contribution is 7.89. The molecular weight excluding hydrogens is 506 g/mol. The van der Waals surface area contributed by atoms with Gasteiger partial charge in [0.25, 0.3) is 5.91 Å². The van der Waals surface area contributed by atoms with E-state index >= 15 is 0 Å². The summed E-state index contributed by atoms with van der Waals surface area (Å²) in [5, 5.41) is 3.50. The summed E-state index contributed by atoms with van der Waals surface area (Å²) < 4.78 is 43.1. The van der Waals surface area contributed by atoms with E-state index in [9.17, 15) is 13.2 Å². The maximum atomic E-state index is 13.6. The highest BCUT2D eigenvalue weighted by Crippen LogP contribution is 2.41.